The van der Waals surface area contributed by atoms with E-state index in [1.54, 1.807) is 19.2 Å². The smallest absolute Gasteiger partial charge is 0.497 e. The van der Waals surface area contributed by atoms with Crippen LogP contribution in [0.5, 0.6) is 11.5 Å². The van der Waals surface area contributed by atoms with Crippen molar-refractivity contribution in [1.82, 2.24) is 0 Å². The van der Waals surface area contributed by atoms with Gasteiger partial charge in [0.2, 0.25) is 0 Å². The summed E-state index contributed by atoms with van der Waals surface area (Å²) in [6.45, 7) is 4.46. The minimum atomic E-state index is -0.744. The predicted octanol–water partition coefficient (Wildman–Crippen LogP) is 5.75. The highest BCUT2D eigenvalue weighted by molar-refractivity contribution is 5.67. The summed E-state index contributed by atoms with van der Waals surface area (Å²) in [5, 5.41) is 0. The lowest BCUT2D eigenvalue weighted by Crippen LogP contribution is -2.37. The van der Waals surface area contributed by atoms with Crippen LogP contribution < -0.4 is 14.4 Å². The van der Waals surface area contributed by atoms with Crippen LogP contribution in [-0.4, -0.2) is 26.0 Å². The van der Waals surface area contributed by atoms with Gasteiger partial charge in [-0.1, -0.05) is 48.5 Å². The van der Waals surface area contributed by atoms with Crippen LogP contribution >= 0.6 is 0 Å². The Labute approximate surface area is 171 Å². The molecule has 150 valence electrons. The SMILES string of the molecule is CCN(c1cccc(OC)c1)C(C)OC(=O)Oc1ccc(-c2ccccc2)cc1. The number of hydrogen-bond acceptors (Lipinski definition) is 5. The summed E-state index contributed by atoms with van der Waals surface area (Å²) < 4.78 is 16.1. The zero-order chi connectivity index (χ0) is 20.6. The summed E-state index contributed by atoms with van der Waals surface area (Å²) in [7, 11) is 1.62. The van der Waals surface area contributed by atoms with Gasteiger partial charge in [-0.2, -0.15) is 0 Å². The highest BCUT2D eigenvalue weighted by Crippen LogP contribution is 2.24. The number of ether oxygens (including phenoxy) is 3. The molecule has 0 saturated heterocycles. The van der Waals surface area contributed by atoms with Crippen molar-refractivity contribution in [3.05, 3.63) is 78.9 Å². The Balaban J connectivity index is 1.61. The molecule has 0 N–H and O–H groups in total. The minimum absolute atomic E-state index is 0.436. The van der Waals surface area contributed by atoms with E-state index in [-0.39, 0.29) is 0 Å². The molecule has 0 aliphatic heterocycles. The maximum atomic E-state index is 12.3. The number of hydrogen-bond donors (Lipinski definition) is 0. The first-order valence-electron chi connectivity index (χ1n) is 9.55. The van der Waals surface area contributed by atoms with Crippen molar-refractivity contribution in [1.29, 1.82) is 0 Å². The quantitative estimate of drug-likeness (QED) is 0.292. The van der Waals surface area contributed by atoms with Crippen LogP contribution in [-0.2, 0) is 4.74 Å². The van der Waals surface area contributed by atoms with Crippen molar-refractivity contribution < 1.29 is 19.0 Å². The number of benzene rings is 3. The van der Waals surface area contributed by atoms with Gasteiger partial charge in [0.05, 0.1) is 7.11 Å². The Kier molecular flexibility index (Phi) is 6.74. The minimum Gasteiger partial charge on any atom is -0.497 e. The topological polar surface area (TPSA) is 48.0 Å². The molecule has 5 heteroatoms. The Morgan fingerprint density at radius 1 is 0.897 bits per heavy atom. The molecule has 0 aliphatic carbocycles. The molecule has 3 rings (SSSR count). The van der Waals surface area contributed by atoms with Gasteiger partial charge in [0.25, 0.3) is 0 Å². The average molecular weight is 391 g/mol. The molecule has 0 saturated carbocycles. The Morgan fingerprint density at radius 3 is 2.24 bits per heavy atom. The van der Waals surface area contributed by atoms with Crippen LogP contribution in [0.2, 0.25) is 0 Å². The summed E-state index contributed by atoms with van der Waals surface area (Å²) in [6.07, 6.45) is -1.24. The van der Waals surface area contributed by atoms with E-state index in [1.165, 1.54) is 0 Å². The van der Waals surface area contributed by atoms with E-state index in [1.807, 2.05) is 85.5 Å². The summed E-state index contributed by atoms with van der Waals surface area (Å²) in [5.74, 6) is 1.18. The van der Waals surface area contributed by atoms with E-state index in [0.717, 1.165) is 22.6 Å². The summed E-state index contributed by atoms with van der Waals surface area (Å²) in [5.41, 5.74) is 3.06. The second-order valence-corrected chi connectivity index (χ2v) is 6.45. The van der Waals surface area contributed by atoms with E-state index < -0.39 is 12.4 Å². The molecule has 0 aromatic heterocycles. The van der Waals surface area contributed by atoms with E-state index in [4.69, 9.17) is 14.2 Å². The van der Waals surface area contributed by atoms with Crippen LogP contribution in [0.3, 0.4) is 0 Å². The van der Waals surface area contributed by atoms with Gasteiger partial charge in [0, 0.05) is 18.3 Å². The summed E-state index contributed by atoms with van der Waals surface area (Å²) in [6, 6.07) is 25.0. The van der Waals surface area contributed by atoms with Gasteiger partial charge in [0.15, 0.2) is 6.23 Å². The molecule has 3 aromatic rings. The highest BCUT2D eigenvalue weighted by Gasteiger charge is 2.19. The first kappa shape index (κ1) is 20.3. The number of rotatable bonds is 7. The van der Waals surface area contributed by atoms with Crippen LogP contribution in [0.15, 0.2) is 78.9 Å². The second kappa shape index (κ2) is 9.64. The van der Waals surface area contributed by atoms with Crippen molar-refractivity contribution in [3.8, 4) is 22.6 Å². The third-order valence-electron chi connectivity index (χ3n) is 4.59. The molecular weight excluding hydrogens is 366 g/mol. The van der Waals surface area contributed by atoms with Crippen molar-refractivity contribution in [2.45, 2.75) is 20.1 Å². The zero-order valence-corrected chi connectivity index (χ0v) is 16.9. The Morgan fingerprint density at radius 2 is 1.59 bits per heavy atom. The number of methoxy groups -OCH3 is 1. The zero-order valence-electron chi connectivity index (χ0n) is 16.9. The molecule has 29 heavy (non-hydrogen) atoms. The summed E-state index contributed by atoms with van der Waals surface area (Å²) in [4.78, 5) is 14.2. The second-order valence-electron chi connectivity index (χ2n) is 6.45. The lowest BCUT2D eigenvalue weighted by atomic mass is 10.1. The van der Waals surface area contributed by atoms with Gasteiger partial charge in [-0.3, -0.25) is 0 Å². The molecule has 0 aliphatic rings. The normalized spacial score (nSPS) is 11.4. The molecular formula is C24H25NO4. The molecule has 0 heterocycles. The van der Waals surface area contributed by atoms with Crippen molar-refractivity contribution in [3.63, 3.8) is 0 Å². The van der Waals surface area contributed by atoms with Gasteiger partial charge >= 0.3 is 6.16 Å². The van der Waals surface area contributed by atoms with Gasteiger partial charge in [-0.25, -0.2) is 4.79 Å². The van der Waals surface area contributed by atoms with E-state index in [9.17, 15) is 4.79 Å². The maximum Gasteiger partial charge on any atom is 0.515 e. The maximum absolute atomic E-state index is 12.3. The fourth-order valence-electron chi connectivity index (χ4n) is 3.11. The van der Waals surface area contributed by atoms with Crippen LogP contribution in [0.4, 0.5) is 10.5 Å². The molecule has 5 nitrogen and oxygen atoms in total. The lowest BCUT2D eigenvalue weighted by molar-refractivity contribution is 0.0645. The molecule has 0 amide bonds. The predicted molar refractivity (Wildman–Crippen MR) is 114 cm³/mol. The molecule has 1 atom stereocenters. The molecule has 0 spiro atoms. The van der Waals surface area contributed by atoms with Crippen molar-refractivity contribution >= 4 is 11.8 Å². The van der Waals surface area contributed by atoms with Crippen molar-refractivity contribution in [2.75, 3.05) is 18.6 Å². The fraction of sp³-hybridized carbons (Fsp3) is 0.208. The largest absolute Gasteiger partial charge is 0.515 e. The molecule has 1 unspecified atom stereocenters. The highest BCUT2D eigenvalue weighted by atomic mass is 16.7. The Hall–Kier alpha value is -3.47. The molecule has 0 radical (unpaired) electrons. The van der Waals surface area contributed by atoms with Gasteiger partial charge in [-0.05, 0) is 49.2 Å². The van der Waals surface area contributed by atoms with Crippen LogP contribution in [0, 0.1) is 0 Å². The first-order valence-corrected chi connectivity index (χ1v) is 9.55. The van der Waals surface area contributed by atoms with E-state index in [0.29, 0.717) is 12.3 Å². The first-order chi connectivity index (χ1) is 14.1. The van der Waals surface area contributed by atoms with E-state index in [2.05, 4.69) is 0 Å². The lowest BCUT2D eigenvalue weighted by Gasteiger charge is -2.29. The monoisotopic (exact) mass is 391 g/mol. The number of carbonyl (C=O) groups is 1. The third kappa shape index (κ3) is 5.29. The number of carbonyl (C=O) groups excluding carboxylic acids is 1. The fourth-order valence-corrected chi connectivity index (χ4v) is 3.11. The number of anilines is 1. The number of nitrogens with zero attached hydrogens (tertiary/aromatic N) is 1. The standard InChI is InChI=1S/C24H25NO4/c1-4-25(21-11-8-12-23(17-21)27-3)18(2)28-24(26)29-22-15-13-20(14-16-22)19-9-6-5-7-10-19/h5-18H,4H2,1-3H3. The van der Waals surface area contributed by atoms with Crippen LogP contribution in [0.25, 0.3) is 11.1 Å². The van der Waals surface area contributed by atoms with Crippen molar-refractivity contribution in [2.24, 2.45) is 0 Å². The van der Waals surface area contributed by atoms with Gasteiger partial charge < -0.3 is 19.1 Å². The van der Waals surface area contributed by atoms with Gasteiger partial charge in [0.1, 0.15) is 11.5 Å². The summed E-state index contributed by atoms with van der Waals surface area (Å²) >= 11 is 0. The van der Waals surface area contributed by atoms with Gasteiger partial charge in [-0.15, -0.1) is 0 Å². The van der Waals surface area contributed by atoms with E-state index >= 15 is 0 Å². The molecule has 3 aromatic carbocycles. The average Bonchev–Trinajstić information content (AvgIpc) is 2.75. The molecule has 0 fully saturated rings. The Bertz CT molecular complexity index is 925. The molecule has 0 bridgehead atoms. The third-order valence-corrected chi connectivity index (χ3v) is 4.59. The van der Waals surface area contributed by atoms with Crippen LogP contribution in [0.1, 0.15) is 13.8 Å².